The first-order chi connectivity index (χ1) is 8.49. The Morgan fingerprint density at radius 1 is 1.50 bits per heavy atom. The lowest BCUT2D eigenvalue weighted by Gasteiger charge is -2.10. The van der Waals surface area contributed by atoms with Crippen molar-refractivity contribution in [1.29, 1.82) is 0 Å². The fraction of sp³-hybridized carbons (Fsp3) is 0.167. The second kappa shape index (κ2) is 5.36. The lowest BCUT2D eigenvalue weighted by Crippen LogP contribution is -2.26. The fourth-order valence-corrected chi connectivity index (χ4v) is 2.20. The monoisotopic (exact) mass is 378 g/mol. The van der Waals surface area contributed by atoms with Crippen LogP contribution in [0, 0.1) is 16.3 Å². The molecule has 2 aromatic rings. The number of benzene rings is 1. The Balaban J connectivity index is 2.49. The van der Waals surface area contributed by atoms with E-state index in [0.29, 0.717) is 20.0 Å². The number of halogens is 3. The normalized spacial score (nSPS) is 10.7. The van der Waals surface area contributed by atoms with Crippen LogP contribution in [-0.2, 0) is 6.54 Å². The van der Waals surface area contributed by atoms with E-state index < -0.39 is 0 Å². The molecule has 6 heteroatoms. The minimum Gasteiger partial charge on any atom is -0.291 e. The van der Waals surface area contributed by atoms with Gasteiger partial charge < -0.3 is 0 Å². The zero-order valence-electron chi connectivity index (χ0n) is 9.45. The minimum absolute atomic E-state index is 0.126. The third-order valence-electron chi connectivity index (χ3n) is 2.54. The van der Waals surface area contributed by atoms with E-state index in [0.717, 1.165) is 0 Å². The van der Waals surface area contributed by atoms with Crippen molar-refractivity contribution in [1.82, 2.24) is 9.55 Å². The molecule has 0 aliphatic carbocycles. The maximum absolute atomic E-state index is 13.6. The zero-order chi connectivity index (χ0) is 13.3. The average Bonchev–Trinajstić information content (AvgIpc) is 2.34. The Hall–Kier alpha value is -0.950. The molecule has 1 aromatic heterocycles. The van der Waals surface area contributed by atoms with Gasteiger partial charge >= 0.3 is 0 Å². The van der Waals surface area contributed by atoms with Gasteiger partial charge in [0.2, 0.25) is 0 Å². The van der Waals surface area contributed by atoms with Crippen LogP contribution >= 0.6 is 34.2 Å². The molecule has 0 fully saturated rings. The van der Waals surface area contributed by atoms with Gasteiger partial charge in [-0.25, -0.2) is 9.37 Å². The van der Waals surface area contributed by atoms with Gasteiger partial charge in [0.05, 0.1) is 10.1 Å². The number of hydrogen-bond acceptors (Lipinski definition) is 2. The highest BCUT2D eigenvalue weighted by Crippen LogP contribution is 2.16. The van der Waals surface area contributed by atoms with Gasteiger partial charge in [0.1, 0.15) is 11.6 Å². The highest BCUT2D eigenvalue weighted by Gasteiger charge is 2.09. The van der Waals surface area contributed by atoms with Crippen molar-refractivity contribution < 1.29 is 4.39 Å². The summed E-state index contributed by atoms with van der Waals surface area (Å²) < 4.78 is 15.6. The zero-order valence-corrected chi connectivity index (χ0v) is 12.4. The van der Waals surface area contributed by atoms with Crippen LogP contribution in [0.15, 0.2) is 29.2 Å². The van der Waals surface area contributed by atoms with Crippen molar-refractivity contribution in [2.75, 3.05) is 0 Å². The molecular weight excluding hydrogens is 370 g/mol. The van der Waals surface area contributed by atoms with Gasteiger partial charge in [0.25, 0.3) is 5.56 Å². The van der Waals surface area contributed by atoms with E-state index in [1.54, 1.807) is 6.92 Å². The van der Waals surface area contributed by atoms with Crippen molar-refractivity contribution in [2.24, 2.45) is 0 Å². The molecule has 2 rings (SSSR count). The van der Waals surface area contributed by atoms with E-state index >= 15 is 0 Å². The van der Waals surface area contributed by atoms with Crippen LogP contribution in [0.5, 0.6) is 0 Å². The van der Waals surface area contributed by atoms with E-state index in [4.69, 9.17) is 11.6 Å². The first kappa shape index (κ1) is 13.5. The van der Waals surface area contributed by atoms with Crippen LogP contribution in [0.4, 0.5) is 4.39 Å². The molecule has 0 unspecified atom stereocenters. The highest BCUT2D eigenvalue weighted by atomic mass is 127. The van der Waals surface area contributed by atoms with Gasteiger partial charge in [-0.2, -0.15) is 0 Å². The van der Waals surface area contributed by atoms with Crippen LogP contribution in [0.1, 0.15) is 11.4 Å². The lowest BCUT2D eigenvalue weighted by atomic mass is 10.2. The van der Waals surface area contributed by atoms with Crippen LogP contribution in [0.25, 0.3) is 0 Å². The topological polar surface area (TPSA) is 34.9 Å². The standard InChI is InChI=1S/C12H9ClFIN2O/c1-7-16-5-11(15)12(18)17(7)6-8-4-9(13)2-3-10(8)14/h2-5H,6H2,1H3. The summed E-state index contributed by atoms with van der Waals surface area (Å²) >= 11 is 7.73. The number of hydrogen-bond donors (Lipinski definition) is 0. The molecule has 0 bridgehead atoms. The number of aryl methyl sites for hydroxylation is 1. The molecule has 0 atom stereocenters. The molecular formula is C12H9ClFIN2O. The molecule has 1 aromatic carbocycles. The Morgan fingerprint density at radius 2 is 2.22 bits per heavy atom. The van der Waals surface area contributed by atoms with Gasteiger partial charge in [0.15, 0.2) is 0 Å². The summed E-state index contributed by atoms with van der Waals surface area (Å²) in [5.74, 6) is 0.157. The van der Waals surface area contributed by atoms with E-state index in [1.165, 1.54) is 29.0 Å². The fourth-order valence-electron chi connectivity index (χ4n) is 1.57. The smallest absolute Gasteiger partial charge is 0.267 e. The molecule has 0 aliphatic rings. The predicted molar refractivity (Wildman–Crippen MR) is 76.5 cm³/mol. The Bertz CT molecular complexity index is 657. The van der Waals surface area contributed by atoms with E-state index in [9.17, 15) is 9.18 Å². The largest absolute Gasteiger partial charge is 0.291 e. The van der Waals surface area contributed by atoms with Crippen molar-refractivity contribution in [3.63, 3.8) is 0 Å². The van der Waals surface area contributed by atoms with Gasteiger partial charge in [-0.1, -0.05) is 11.6 Å². The van der Waals surface area contributed by atoms with Crippen molar-refractivity contribution in [3.8, 4) is 0 Å². The van der Waals surface area contributed by atoms with Crippen LogP contribution < -0.4 is 5.56 Å². The summed E-state index contributed by atoms with van der Waals surface area (Å²) in [6.07, 6.45) is 1.50. The summed E-state index contributed by atoms with van der Waals surface area (Å²) in [6, 6.07) is 4.28. The molecule has 1 heterocycles. The predicted octanol–water partition coefficient (Wildman–Crippen LogP) is 3.00. The quantitative estimate of drug-likeness (QED) is 0.753. The molecule has 0 aliphatic heterocycles. The van der Waals surface area contributed by atoms with Crippen molar-refractivity contribution in [2.45, 2.75) is 13.5 Å². The average molecular weight is 379 g/mol. The Kier molecular flexibility index (Phi) is 4.01. The SMILES string of the molecule is Cc1ncc(I)c(=O)n1Cc1cc(Cl)ccc1F. The molecule has 0 saturated carbocycles. The first-order valence-corrected chi connectivity index (χ1v) is 6.60. The first-order valence-electron chi connectivity index (χ1n) is 5.15. The molecule has 0 saturated heterocycles. The maximum atomic E-state index is 13.6. The van der Waals surface area contributed by atoms with Crippen LogP contribution in [-0.4, -0.2) is 9.55 Å². The van der Waals surface area contributed by atoms with Crippen LogP contribution in [0.2, 0.25) is 5.02 Å². The molecule has 0 radical (unpaired) electrons. The third-order valence-corrected chi connectivity index (χ3v) is 3.52. The van der Waals surface area contributed by atoms with E-state index in [2.05, 4.69) is 4.98 Å². The molecule has 0 spiro atoms. The second-order valence-electron chi connectivity index (χ2n) is 3.78. The van der Waals surface area contributed by atoms with Crippen molar-refractivity contribution >= 4 is 34.2 Å². The summed E-state index contributed by atoms with van der Waals surface area (Å²) in [6.45, 7) is 1.83. The summed E-state index contributed by atoms with van der Waals surface area (Å²) in [5, 5.41) is 0.440. The van der Waals surface area contributed by atoms with Gasteiger partial charge in [-0.05, 0) is 47.7 Å². The lowest BCUT2D eigenvalue weighted by molar-refractivity contribution is 0.589. The third kappa shape index (κ3) is 2.72. The molecule has 0 N–H and O–H groups in total. The number of nitrogens with zero attached hydrogens (tertiary/aromatic N) is 2. The highest BCUT2D eigenvalue weighted by molar-refractivity contribution is 14.1. The Labute approximate surface area is 122 Å². The van der Waals surface area contributed by atoms with Gasteiger partial charge in [0, 0.05) is 16.8 Å². The minimum atomic E-state index is -0.385. The van der Waals surface area contributed by atoms with E-state index in [-0.39, 0.29) is 17.9 Å². The summed E-state index contributed by atoms with van der Waals surface area (Å²) in [4.78, 5) is 16.0. The summed E-state index contributed by atoms with van der Waals surface area (Å²) in [5.41, 5.74) is 0.193. The molecule has 94 valence electrons. The molecule has 18 heavy (non-hydrogen) atoms. The number of rotatable bonds is 2. The van der Waals surface area contributed by atoms with Gasteiger partial charge in [-0.3, -0.25) is 9.36 Å². The molecule has 3 nitrogen and oxygen atoms in total. The summed E-state index contributed by atoms with van der Waals surface area (Å²) in [7, 11) is 0. The van der Waals surface area contributed by atoms with E-state index in [1.807, 2.05) is 22.6 Å². The maximum Gasteiger partial charge on any atom is 0.267 e. The van der Waals surface area contributed by atoms with Crippen molar-refractivity contribution in [3.05, 3.63) is 60.5 Å². The van der Waals surface area contributed by atoms with Gasteiger partial charge in [-0.15, -0.1) is 0 Å². The number of aromatic nitrogens is 2. The molecule has 0 amide bonds. The Morgan fingerprint density at radius 3 is 2.94 bits per heavy atom. The van der Waals surface area contributed by atoms with Crippen LogP contribution in [0.3, 0.4) is 0 Å². The second-order valence-corrected chi connectivity index (χ2v) is 5.38.